The Labute approximate surface area is 112 Å². The Bertz CT molecular complexity index is 341. The van der Waals surface area contributed by atoms with Crippen molar-refractivity contribution >= 4 is 33.2 Å². The van der Waals surface area contributed by atoms with Gasteiger partial charge < -0.3 is 4.90 Å². The first-order valence-electron chi connectivity index (χ1n) is 5.67. The summed E-state index contributed by atoms with van der Waals surface area (Å²) in [5.41, 5.74) is 2.42. The first-order valence-corrected chi connectivity index (χ1v) is 7.00. The van der Waals surface area contributed by atoms with Crippen molar-refractivity contribution in [2.24, 2.45) is 0 Å². The van der Waals surface area contributed by atoms with Crippen molar-refractivity contribution < 1.29 is 0 Å². The number of anilines is 1. The third-order valence-corrected chi connectivity index (χ3v) is 3.72. The monoisotopic (exact) mass is 303 g/mol. The van der Waals surface area contributed by atoms with Gasteiger partial charge in [0.25, 0.3) is 0 Å². The van der Waals surface area contributed by atoms with Gasteiger partial charge in [-0.25, -0.2) is 0 Å². The Morgan fingerprint density at radius 1 is 1.44 bits per heavy atom. The van der Waals surface area contributed by atoms with Crippen LogP contribution < -0.4 is 4.90 Å². The standard InChI is InChI=1S/C13H19BrClN/c1-4-5-10(2)16(3)13-8-12(14)7-6-11(13)9-15/h6-8,10H,4-5,9H2,1-3H3. The fraction of sp³-hybridized carbons (Fsp3) is 0.538. The molecule has 3 heteroatoms. The van der Waals surface area contributed by atoms with Gasteiger partial charge in [0.05, 0.1) is 0 Å². The van der Waals surface area contributed by atoms with E-state index in [-0.39, 0.29) is 0 Å². The molecule has 0 N–H and O–H groups in total. The molecule has 1 nitrogen and oxygen atoms in total. The highest BCUT2D eigenvalue weighted by atomic mass is 79.9. The number of hydrogen-bond acceptors (Lipinski definition) is 1. The first-order chi connectivity index (χ1) is 7.60. The van der Waals surface area contributed by atoms with E-state index in [2.05, 4.69) is 53.9 Å². The molecule has 16 heavy (non-hydrogen) atoms. The third-order valence-electron chi connectivity index (χ3n) is 2.94. The molecule has 0 fully saturated rings. The number of benzene rings is 1. The summed E-state index contributed by atoms with van der Waals surface area (Å²) >= 11 is 9.48. The molecule has 0 heterocycles. The van der Waals surface area contributed by atoms with E-state index in [1.807, 2.05) is 6.07 Å². The van der Waals surface area contributed by atoms with Crippen LogP contribution in [0.4, 0.5) is 5.69 Å². The molecule has 0 saturated carbocycles. The topological polar surface area (TPSA) is 3.24 Å². The molecule has 1 aromatic carbocycles. The molecule has 90 valence electrons. The van der Waals surface area contributed by atoms with Gasteiger partial charge in [-0.1, -0.05) is 35.3 Å². The van der Waals surface area contributed by atoms with Crippen molar-refractivity contribution in [1.29, 1.82) is 0 Å². The lowest BCUT2D eigenvalue weighted by Gasteiger charge is -2.28. The molecule has 0 amide bonds. The largest absolute Gasteiger partial charge is 0.372 e. The van der Waals surface area contributed by atoms with Crippen LogP contribution in [0.5, 0.6) is 0 Å². The van der Waals surface area contributed by atoms with Crippen molar-refractivity contribution in [2.45, 2.75) is 38.6 Å². The molecule has 0 aromatic heterocycles. The molecule has 1 rings (SSSR count). The van der Waals surface area contributed by atoms with E-state index >= 15 is 0 Å². The molecule has 1 atom stereocenters. The molecule has 0 aliphatic rings. The van der Waals surface area contributed by atoms with Gasteiger partial charge in [0.1, 0.15) is 0 Å². The average molecular weight is 305 g/mol. The Balaban J connectivity index is 2.96. The van der Waals surface area contributed by atoms with Crippen LogP contribution in [-0.4, -0.2) is 13.1 Å². The van der Waals surface area contributed by atoms with Gasteiger partial charge >= 0.3 is 0 Å². The molecule has 0 aliphatic carbocycles. The molecule has 0 bridgehead atoms. The van der Waals surface area contributed by atoms with E-state index in [9.17, 15) is 0 Å². The highest BCUT2D eigenvalue weighted by Crippen LogP contribution is 2.27. The lowest BCUT2D eigenvalue weighted by atomic mass is 10.1. The average Bonchev–Trinajstić information content (AvgIpc) is 2.28. The van der Waals surface area contributed by atoms with Gasteiger partial charge in [0.15, 0.2) is 0 Å². The van der Waals surface area contributed by atoms with Gasteiger partial charge in [-0.15, -0.1) is 11.6 Å². The first kappa shape index (κ1) is 13.9. The van der Waals surface area contributed by atoms with E-state index in [1.54, 1.807) is 0 Å². The summed E-state index contributed by atoms with van der Waals surface area (Å²) in [7, 11) is 2.14. The predicted octanol–water partition coefficient (Wildman–Crippen LogP) is 4.81. The second-order valence-electron chi connectivity index (χ2n) is 4.16. The normalized spacial score (nSPS) is 12.6. The van der Waals surface area contributed by atoms with Crippen LogP contribution in [0.2, 0.25) is 0 Å². The predicted molar refractivity (Wildman–Crippen MR) is 76.5 cm³/mol. The Hall–Kier alpha value is -0.210. The zero-order valence-corrected chi connectivity index (χ0v) is 12.5. The highest BCUT2D eigenvalue weighted by molar-refractivity contribution is 9.10. The second-order valence-corrected chi connectivity index (χ2v) is 5.34. The summed E-state index contributed by atoms with van der Waals surface area (Å²) in [4.78, 5) is 2.31. The minimum Gasteiger partial charge on any atom is -0.372 e. The van der Waals surface area contributed by atoms with E-state index in [0.29, 0.717) is 11.9 Å². The maximum Gasteiger partial charge on any atom is 0.0494 e. The number of hydrogen-bond donors (Lipinski definition) is 0. The van der Waals surface area contributed by atoms with E-state index in [4.69, 9.17) is 11.6 Å². The zero-order chi connectivity index (χ0) is 12.1. The maximum atomic E-state index is 5.97. The Morgan fingerprint density at radius 3 is 2.69 bits per heavy atom. The molecular weight excluding hydrogens is 286 g/mol. The minimum absolute atomic E-state index is 0.543. The Kier molecular flexibility index (Phi) is 5.63. The van der Waals surface area contributed by atoms with E-state index in [1.165, 1.54) is 24.1 Å². The number of rotatable bonds is 5. The van der Waals surface area contributed by atoms with Crippen LogP contribution in [0, 0.1) is 0 Å². The van der Waals surface area contributed by atoms with Crippen LogP contribution in [-0.2, 0) is 5.88 Å². The molecule has 0 saturated heterocycles. The summed E-state index contributed by atoms with van der Waals surface area (Å²) in [6, 6.07) is 6.81. The maximum absolute atomic E-state index is 5.97. The van der Waals surface area contributed by atoms with Crippen molar-refractivity contribution in [2.75, 3.05) is 11.9 Å². The van der Waals surface area contributed by atoms with E-state index < -0.39 is 0 Å². The molecule has 0 aliphatic heterocycles. The van der Waals surface area contributed by atoms with Gasteiger partial charge in [-0.05, 0) is 31.0 Å². The van der Waals surface area contributed by atoms with Crippen LogP contribution in [0.1, 0.15) is 32.3 Å². The van der Waals surface area contributed by atoms with Gasteiger partial charge in [-0.3, -0.25) is 0 Å². The van der Waals surface area contributed by atoms with Crippen molar-refractivity contribution in [3.63, 3.8) is 0 Å². The lowest BCUT2D eigenvalue weighted by molar-refractivity contribution is 0.615. The van der Waals surface area contributed by atoms with E-state index in [0.717, 1.165) is 4.47 Å². The Morgan fingerprint density at radius 2 is 2.12 bits per heavy atom. The van der Waals surface area contributed by atoms with Crippen molar-refractivity contribution in [1.82, 2.24) is 0 Å². The molecule has 0 radical (unpaired) electrons. The van der Waals surface area contributed by atoms with Crippen molar-refractivity contribution in [3.8, 4) is 0 Å². The summed E-state index contributed by atoms with van der Waals surface area (Å²) in [6.45, 7) is 4.47. The van der Waals surface area contributed by atoms with Crippen molar-refractivity contribution in [3.05, 3.63) is 28.2 Å². The number of alkyl halides is 1. The fourth-order valence-electron chi connectivity index (χ4n) is 1.83. The summed E-state index contributed by atoms with van der Waals surface area (Å²) in [5, 5.41) is 0. The quantitative estimate of drug-likeness (QED) is 0.705. The number of halogens is 2. The van der Waals surface area contributed by atoms with Crippen LogP contribution in [0.25, 0.3) is 0 Å². The summed E-state index contributed by atoms with van der Waals surface area (Å²) in [5.74, 6) is 0.561. The highest BCUT2D eigenvalue weighted by Gasteiger charge is 2.12. The van der Waals surface area contributed by atoms with Crippen LogP contribution in [0.3, 0.4) is 0 Å². The van der Waals surface area contributed by atoms with Crippen LogP contribution in [0.15, 0.2) is 22.7 Å². The molecule has 0 spiro atoms. The molecular formula is C13H19BrClN. The summed E-state index contributed by atoms with van der Waals surface area (Å²) < 4.78 is 1.10. The van der Waals surface area contributed by atoms with Gasteiger partial charge in [-0.2, -0.15) is 0 Å². The molecule has 1 unspecified atom stereocenters. The molecule has 1 aromatic rings. The fourth-order valence-corrected chi connectivity index (χ4v) is 2.40. The zero-order valence-electron chi connectivity index (χ0n) is 10.1. The summed E-state index contributed by atoms with van der Waals surface area (Å²) in [6.07, 6.45) is 2.40. The minimum atomic E-state index is 0.543. The third kappa shape index (κ3) is 3.39. The SMILES string of the molecule is CCCC(C)N(C)c1cc(Br)ccc1CCl. The number of nitrogens with zero attached hydrogens (tertiary/aromatic N) is 1. The lowest BCUT2D eigenvalue weighted by Crippen LogP contribution is -2.29. The smallest absolute Gasteiger partial charge is 0.0494 e. The second kappa shape index (κ2) is 6.51. The van der Waals surface area contributed by atoms with Gasteiger partial charge in [0.2, 0.25) is 0 Å². The van der Waals surface area contributed by atoms with Gasteiger partial charge in [0, 0.05) is 29.1 Å². The van der Waals surface area contributed by atoms with Crippen LogP contribution >= 0.6 is 27.5 Å².